The summed E-state index contributed by atoms with van der Waals surface area (Å²) in [5, 5.41) is 9.71. The van der Waals surface area contributed by atoms with Crippen LogP contribution in [0.3, 0.4) is 0 Å². The van der Waals surface area contributed by atoms with Gasteiger partial charge < -0.3 is 20.9 Å². The second-order valence-corrected chi connectivity index (χ2v) is 11.6. The molecule has 2 amide bonds. The number of hydrogen-bond acceptors (Lipinski definition) is 5. The van der Waals surface area contributed by atoms with Crippen LogP contribution >= 0.6 is 24.0 Å². The Morgan fingerprint density at radius 1 is 1.22 bits per heavy atom. The van der Waals surface area contributed by atoms with Crippen LogP contribution in [0.4, 0.5) is 0 Å². The summed E-state index contributed by atoms with van der Waals surface area (Å²) in [6.07, 6.45) is 3.40. The second kappa shape index (κ2) is 9.31. The quantitative estimate of drug-likeness (QED) is 0.570. The topological polar surface area (TPSA) is 73.5 Å². The van der Waals surface area contributed by atoms with Crippen LogP contribution in [0.5, 0.6) is 0 Å². The predicted molar refractivity (Wildman–Crippen MR) is 134 cm³/mol. The summed E-state index contributed by atoms with van der Waals surface area (Å²) < 4.78 is 0. The number of hydrogen-bond donors (Lipinski definition) is 3. The van der Waals surface area contributed by atoms with Crippen LogP contribution in [-0.2, 0) is 16.0 Å². The van der Waals surface area contributed by atoms with Gasteiger partial charge in [-0.15, -0.1) is 11.8 Å². The van der Waals surface area contributed by atoms with Crippen molar-refractivity contribution in [3.63, 3.8) is 0 Å². The van der Waals surface area contributed by atoms with Gasteiger partial charge in [0, 0.05) is 0 Å². The van der Waals surface area contributed by atoms with Crippen LogP contribution in [-0.4, -0.2) is 58.0 Å². The van der Waals surface area contributed by atoms with E-state index in [1.807, 2.05) is 31.0 Å². The van der Waals surface area contributed by atoms with Crippen molar-refractivity contribution >= 4 is 40.8 Å². The number of carbonyl (C=O) groups excluding carboxylic acids is 2. The number of thiocarbonyl (C=S) groups is 1. The number of carbonyl (C=O) groups is 2. The number of benzene rings is 1. The zero-order valence-electron chi connectivity index (χ0n) is 19.3. The van der Waals surface area contributed by atoms with Crippen LogP contribution in [0, 0.1) is 5.41 Å². The molecule has 8 heteroatoms. The van der Waals surface area contributed by atoms with E-state index in [4.69, 9.17) is 12.2 Å². The van der Waals surface area contributed by atoms with E-state index < -0.39 is 12.1 Å². The van der Waals surface area contributed by atoms with Crippen molar-refractivity contribution in [2.45, 2.75) is 76.0 Å². The van der Waals surface area contributed by atoms with Crippen LogP contribution in [0.15, 0.2) is 24.3 Å². The molecule has 6 nitrogen and oxygen atoms in total. The molecule has 0 saturated carbocycles. The Bertz CT molecular complexity index is 906. The van der Waals surface area contributed by atoms with E-state index in [2.05, 4.69) is 41.9 Å². The van der Waals surface area contributed by atoms with E-state index in [0.717, 1.165) is 25.0 Å². The molecule has 3 N–H and O–H groups in total. The minimum atomic E-state index is -0.488. The second-order valence-electron chi connectivity index (χ2n) is 9.83. The summed E-state index contributed by atoms with van der Waals surface area (Å²) in [5.41, 5.74) is 2.21. The molecule has 1 aromatic carbocycles. The molecule has 1 aliphatic carbocycles. The Morgan fingerprint density at radius 3 is 2.72 bits per heavy atom. The fourth-order valence-electron chi connectivity index (χ4n) is 5.24. The first-order valence-electron chi connectivity index (χ1n) is 11.5. The lowest BCUT2D eigenvalue weighted by Crippen LogP contribution is -2.57. The summed E-state index contributed by atoms with van der Waals surface area (Å²) in [6.45, 7) is 6.19. The Balaban J connectivity index is 1.55. The Kier molecular flexibility index (Phi) is 6.84. The fourth-order valence-corrected chi connectivity index (χ4v) is 7.07. The van der Waals surface area contributed by atoms with Crippen LogP contribution in [0.25, 0.3) is 0 Å². The number of aryl methyl sites for hydroxylation is 1. The number of thioether (sulfide) groups is 1. The molecule has 32 heavy (non-hydrogen) atoms. The lowest BCUT2D eigenvalue weighted by molar-refractivity contribution is -0.142. The summed E-state index contributed by atoms with van der Waals surface area (Å²) in [6, 6.07) is 7.43. The Morgan fingerprint density at radius 2 is 1.97 bits per heavy atom. The summed E-state index contributed by atoms with van der Waals surface area (Å²) in [5.74, 6) is 0.810. The maximum atomic E-state index is 13.7. The van der Waals surface area contributed by atoms with Gasteiger partial charge in [0.05, 0.1) is 22.4 Å². The van der Waals surface area contributed by atoms with E-state index in [-0.39, 0.29) is 34.7 Å². The SMILES string of the molecule is CN[C@@H](C)C(=S)N[C@H]1CCSC2CC(C)(C)[C@@H](C(=O)N[C@@H]3CCc4ccccc43)N2C1=O. The highest BCUT2D eigenvalue weighted by Gasteiger charge is 2.54. The molecule has 174 valence electrons. The highest BCUT2D eigenvalue weighted by atomic mass is 32.2. The van der Waals surface area contributed by atoms with E-state index in [0.29, 0.717) is 11.4 Å². The maximum Gasteiger partial charge on any atom is 0.246 e. The molecule has 0 spiro atoms. The molecule has 0 aromatic heterocycles. The number of likely N-dealkylation sites (N-methyl/N-ethyl adjacent to an activating group) is 1. The lowest BCUT2D eigenvalue weighted by atomic mass is 9.84. The van der Waals surface area contributed by atoms with Crippen molar-refractivity contribution in [2.75, 3.05) is 12.8 Å². The van der Waals surface area contributed by atoms with Gasteiger partial charge in [-0.2, -0.15) is 0 Å². The zero-order chi connectivity index (χ0) is 23.0. The number of nitrogens with zero attached hydrogens (tertiary/aromatic N) is 1. The average molecular weight is 475 g/mol. The van der Waals surface area contributed by atoms with E-state index >= 15 is 0 Å². The standard InChI is InChI=1S/C24H34N4O2S2/c1-14(25-4)22(31)27-18-11-12-32-19-13-24(2,3)20(28(19)23(18)30)21(29)26-17-10-9-15-7-5-6-8-16(15)17/h5-8,14,17-20,25H,9-13H2,1-4H3,(H,26,29)(H,27,31)/t14-,17+,18-,19?,20+/m0/s1. The normalized spacial score (nSPS) is 29.6. The van der Waals surface area contributed by atoms with Crippen molar-refractivity contribution in [1.29, 1.82) is 0 Å². The molecule has 1 unspecified atom stereocenters. The predicted octanol–water partition coefficient (Wildman–Crippen LogP) is 2.77. The third-order valence-corrected chi connectivity index (χ3v) is 8.86. The van der Waals surface area contributed by atoms with Crippen molar-refractivity contribution < 1.29 is 9.59 Å². The highest BCUT2D eigenvalue weighted by Crippen LogP contribution is 2.46. The van der Waals surface area contributed by atoms with Crippen molar-refractivity contribution in [3.8, 4) is 0 Å². The molecule has 0 bridgehead atoms. The van der Waals surface area contributed by atoms with Crippen LogP contribution in [0.2, 0.25) is 0 Å². The van der Waals surface area contributed by atoms with Crippen LogP contribution < -0.4 is 16.0 Å². The van der Waals surface area contributed by atoms with Gasteiger partial charge in [0.15, 0.2) is 0 Å². The first-order chi connectivity index (χ1) is 15.2. The molecule has 2 aliphatic heterocycles. The van der Waals surface area contributed by atoms with Crippen LogP contribution in [0.1, 0.15) is 57.2 Å². The van der Waals surface area contributed by atoms with Crippen molar-refractivity contribution in [1.82, 2.24) is 20.9 Å². The zero-order valence-corrected chi connectivity index (χ0v) is 20.9. The molecule has 2 fully saturated rings. The van der Waals surface area contributed by atoms with Crippen molar-refractivity contribution in [3.05, 3.63) is 35.4 Å². The molecular formula is C24H34N4O2S2. The fraction of sp³-hybridized carbons (Fsp3) is 0.625. The Labute approximate surface area is 200 Å². The summed E-state index contributed by atoms with van der Waals surface area (Å²) >= 11 is 7.29. The van der Waals surface area contributed by atoms with E-state index in [1.165, 1.54) is 11.1 Å². The first-order valence-corrected chi connectivity index (χ1v) is 13.0. The average Bonchev–Trinajstić information content (AvgIpc) is 3.24. The molecular weight excluding hydrogens is 440 g/mol. The highest BCUT2D eigenvalue weighted by molar-refractivity contribution is 7.99. The Hall–Kier alpha value is -1.64. The first kappa shape index (κ1) is 23.5. The summed E-state index contributed by atoms with van der Waals surface area (Å²) in [4.78, 5) is 29.8. The van der Waals surface area contributed by atoms with Gasteiger partial charge in [-0.3, -0.25) is 9.59 Å². The minimum absolute atomic E-state index is 0.0109. The van der Waals surface area contributed by atoms with Gasteiger partial charge in [0.2, 0.25) is 11.8 Å². The van der Waals surface area contributed by atoms with Gasteiger partial charge in [-0.05, 0) is 61.9 Å². The molecule has 0 radical (unpaired) electrons. The number of amides is 2. The van der Waals surface area contributed by atoms with Crippen molar-refractivity contribution in [2.24, 2.45) is 5.41 Å². The molecule has 5 atom stereocenters. The van der Waals surface area contributed by atoms with E-state index in [9.17, 15) is 9.59 Å². The number of fused-ring (bicyclic) bond motifs is 2. The summed E-state index contributed by atoms with van der Waals surface area (Å²) in [7, 11) is 1.85. The number of nitrogens with one attached hydrogen (secondary N) is 3. The maximum absolute atomic E-state index is 13.7. The lowest BCUT2D eigenvalue weighted by Gasteiger charge is -2.35. The van der Waals surface area contributed by atoms with Gasteiger partial charge in [-0.25, -0.2) is 0 Å². The van der Waals surface area contributed by atoms with Gasteiger partial charge in [0.1, 0.15) is 12.1 Å². The smallest absolute Gasteiger partial charge is 0.246 e. The van der Waals surface area contributed by atoms with Gasteiger partial charge in [0.25, 0.3) is 0 Å². The van der Waals surface area contributed by atoms with Gasteiger partial charge >= 0.3 is 0 Å². The molecule has 3 aliphatic rings. The number of rotatable bonds is 5. The third kappa shape index (κ3) is 4.41. The molecule has 4 rings (SSSR count). The molecule has 1 aromatic rings. The monoisotopic (exact) mass is 474 g/mol. The largest absolute Gasteiger partial charge is 0.367 e. The molecule has 2 saturated heterocycles. The van der Waals surface area contributed by atoms with E-state index in [1.54, 1.807) is 11.8 Å². The molecule has 2 heterocycles. The third-order valence-electron chi connectivity index (χ3n) is 7.14. The van der Waals surface area contributed by atoms with Gasteiger partial charge in [-0.1, -0.05) is 50.3 Å². The minimum Gasteiger partial charge on any atom is -0.367 e.